The van der Waals surface area contributed by atoms with Crippen molar-refractivity contribution < 1.29 is 23.5 Å². The zero-order chi connectivity index (χ0) is 17.1. The summed E-state index contributed by atoms with van der Waals surface area (Å²) < 4.78 is 18.2. The molecule has 2 fully saturated rings. The number of carbonyl (C=O) groups is 3. The van der Waals surface area contributed by atoms with Crippen LogP contribution in [-0.4, -0.2) is 58.3 Å². The molecule has 24 heavy (non-hydrogen) atoms. The highest BCUT2D eigenvalue weighted by molar-refractivity contribution is 8.14. The molecule has 0 bridgehead atoms. The van der Waals surface area contributed by atoms with Crippen LogP contribution in [0.15, 0.2) is 24.3 Å². The summed E-state index contributed by atoms with van der Waals surface area (Å²) in [6.45, 7) is 0.851. The molecule has 6 nitrogen and oxygen atoms in total. The molecule has 0 unspecified atom stereocenters. The summed E-state index contributed by atoms with van der Waals surface area (Å²) in [5.41, 5.74) is 0. The summed E-state index contributed by atoms with van der Waals surface area (Å²) >= 11 is 1.03. The highest BCUT2D eigenvalue weighted by Gasteiger charge is 2.37. The minimum atomic E-state index is -0.361. The predicted octanol–water partition coefficient (Wildman–Crippen LogP) is 1.89. The van der Waals surface area contributed by atoms with Crippen molar-refractivity contribution in [1.29, 1.82) is 0 Å². The van der Waals surface area contributed by atoms with Crippen LogP contribution in [0.25, 0.3) is 0 Å². The van der Waals surface area contributed by atoms with E-state index in [-0.39, 0.29) is 41.3 Å². The first-order valence-corrected chi connectivity index (χ1v) is 8.68. The van der Waals surface area contributed by atoms with E-state index in [0.717, 1.165) is 11.8 Å². The first kappa shape index (κ1) is 16.8. The molecule has 0 saturated carbocycles. The van der Waals surface area contributed by atoms with E-state index in [1.54, 1.807) is 4.90 Å². The molecule has 1 aromatic carbocycles. The number of benzene rings is 1. The van der Waals surface area contributed by atoms with Crippen molar-refractivity contribution in [2.75, 3.05) is 25.4 Å². The lowest BCUT2D eigenvalue weighted by atomic mass is 10.0. The van der Waals surface area contributed by atoms with Crippen molar-refractivity contribution >= 4 is 28.8 Å². The molecule has 0 radical (unpaired) electrons. The fourth-order valence-corrected chi connectivity index (χ4v) is 3.63. The standard InChI is InChI=1S/C16H17FN2O4S/c17-11-1-3-13(4-2-11)23-9-14(20)18-7-5-12(6-8-18)19-15(21)10-24-16(19)22/h1-4,12H,5-10H2. The van der Waals surface area contributed by atoms with Crippen LogP contribution in [0.1, 0.15) is 12.8 Å². The SMILES string of the molecule is O=C(COc1ccc(F)cc1)N1CCC(N2C(=O)CSC2=O)CC1. The van der Waals surface area contributed by atoms with Gasteiger partial charge in [0.25, 0.3) is 11.1 Å². The van der Waals surface area contributed by atoms with E-state index < -0.39 is 0 Å². The second-order valence-corrected chi connectivity index (χ2v) is 6.60. The van der Waals surface area contributed by atoms with E-state index in [1.807, 2.05) is 0 Å². The van der Waals surface area contributed by atoms with E-state index in [1.165, 1.54) is 29.2 Å². The first-order valence-electron chi connectivity index (χ1n) is 7.69. The molecule has 0 atom stereocenters. The number of imide groups is 1. The molecular formula is C16H17FN2O4S. The summed E-state index contributed by atoms with van der Waals surface area (Å²) in [5, 5.41) is -0.190. The molecule has 3 rings (SSSR count). The zero-order valence-corrected chi connectivity index (χ0v) is 13.8. The molecule has 0 N–H and O–H groups in total. The van der Waals surface area contributed by atoms with Crippen LogP contribution in [0.5, 0.6) is 5.75 Å². The Morgan fingerprint density at radius 3 is 2.46 bits per heavy atom. The monoisotopic (exact) mass is 352 g/mol. The number of carbonyl (C=O) groups excluding carboxylic acids is 3. The van der Waals surface area contributed by atoms with Gasteiger partial charge in [-0.05, 0) is 37.1 Å². The number of likely N-dealkylation sites (tertiary alicyclic amines) is 1. The minimum Gasteiger partial charge on any atom is -0.484 e. The highest BCUT2D eigenvalue weighted by Crippen LogP contribution is 2.26. The maximum Gasteiger partial charge on any atom is 0.289 e. The number of hydrogen-bond donors (Lipinski definition) is 0. The van der Waals surface area contributed by atoms with Crippen molar-refractivity contribution in [2.24, 2.45) is 0 Å². The van der Waals surface area contributed by atoms with Crippen LogP contribution in [0.4, 0.5) is 9.18 Å². The van der Waals surface area contributed by atoms with Gasteiger partial charge in [-0.3, -0.25) is 19.3 Å². The van der Waals surface area contributed by atoms with Crippen LogP contribution in [0.2, 0.25) is 0 Å². The third kappa shape index (κ3) is 3.69. The van der Waals surface area contributed by atoms with E-state index >= 15 is 0 Å². The lowest BCUT2D eigenvalue weighted by Gasteiger charge is -2.35. The van der Waals surface area contributed by atoms with Gasteiger partial charge in [-0.25, -0.2) is 4.39 Å². The number of rotatable bonds is 4. The number of piperidine rings is 1. The van der Waals surface area contributed by atoms with Crippen LogP contribution >= 0.6 is 11.8 Å². The molecule has 1 aromatic rings. The average molecular weight is 352 g/mol. The lowest BCUT2D eigenvalue weighted by molar-refractivity contribution is -0.135. The first-order chi connectivity index (χ1) is 11.5. The molecular weight excluding hydrogens is 335 g/mol. The fourth-order valence-electron chi connectivity index (χ4n) is 2.86. The maximum absolute atomic E-state index is 12.8. The van der Waals surface area contributed by atoms with Crippen LogP contribution in [-0.2, 0) is 9.59 Å². The summed E-state index contributed by atoms with van der Waals surface area (Å²) in [6, 6.07) is 5.36. The molecule has 0 aromatic heterocycles. The van der Waals surface area contributed by atoms with Crippen molar-refractivity contribution in [3.8, 4) is 5.75 Å². The Labute approximate surface area is 142 Å². The van der Waals surface area contributed by atoms with Crippen LogP contribution in [0.3, 0.4) is 0 Å². The van der Waals surface area contributed by atoms with E-state index in [0.29, 0.717) is 31.7 Å². The zero-order valence-electron chi connectivity index (χ0n) is 12.9. The van der Waals surface area contributed by atoms with Gasteiger partial charge in [0, 0.05) is 19.1 Å². The smallest absolute Gasteiger partial charge is 0.289 e. The topological polar surface area (TPSA) is 66.9 Å². The van der Waals surface area contributed by atoms with Crippen molar-refractivity contribution in [1.82, 2.24) is 9.80 Å². The van der Waals surface area contributed by atoms with Gasteiger partial charge in [-0.2, -0.15) is 0 Å². The fraction of sp³-hybridized carbons (Fsp3) is 0.438. The molecule has 3 amide bonds. The number of amides is 3. The Morgan fingerprint density at radius 2 is 1.88 bits per heavy atom. The molecule has 2 heterocycles. The quantitative estimate of drug-likeness (QED) is 0.828. The van der Waals surface area contributed by atoms with Crippen LogP contribution in [0, 0.1) is 5.82 Å². The number of ether oxygens (including phenoxy) is 1. The number of thioether (sulfide) groups is 1. The molecule has 2 aliphatic rings. The second kappa shape index (κ2) is 7.21. The Kier molecular flexibility index (Phi) is 5.03. The predicted molar refractivity (Wildman–Crippen MR) is 86.2 cm³/mol. The summed E-state index contributed by atoms with van der Waals surface area (Å²) in [7, 11) is 0. The number of nitrogens with zero attached hydrogens (tertiary/aromatic N) is 2. The Hall–Kier alpha value is -2.09. The van der Waals surface area contributed by atoms with E-state index in [9.17, 15) is 18.8 Å². The Balaban J connectivity index is 1.47. The van der Waals surface area contributed by atoms with Gasteiger partial charge < -0.3 is 9.64 Å². The Bertz CT molecular complexity index is 628. The third-order valence-corrected chi connectivity index (χ3v) is 4.98. The number of halogens is 1. The number of hydrogen-bond acceptors (Lipinski definition) is 5. The molecule has 8 heteroatoms. The lowest BCUT2D eigenvalue weighted by Crippen LogP contribution is -2.49. The highest BCUT2D eigenvalue weighted by atomic mass is 32.2. The molecule has 128 valence electrons. The van der Waals surface area contributed by atoms with Gasteiger partial charge in [-0.15, -0.1) is 0 Å². The van der Waals surface area contributed by atoms with E-state index in [2.05, 4.69) is 0 Å². The summed E-state index contributed by atoms with van der Waals surface area (Å²) in [4.78, 5) is 38.6. The average Bonchev–Trinajstić information content (AvgIpc) is 2.93. The van der Waals surface area contributed by atoms with Gasteiger partial charge in [0.2, 0.25) is 5.91 Å². The van der Waals surface area contributed by atoms with Gasteiger partial charge in [0.05, 0.1) is 5.75 Å². The van der Waals surface area contributed by atoms with Crippen LogP contribution < -0.4 is 4.74 Å². The molecule has 2 saturated heterocycles. The third-order valence-electron chi connectivity index (χ3n) is 4.14. The maximum atomic E-state index is 12.8. The van der Waals surface area contributed by atoms with Crippen molar-refractivity contribution in [2.45, 2.75) is 18.9 Å². The van der Waals surface area contributed by atoms with Crippen molar-refractivity contribution in [3.05, 3.63) is 30.1 Å². The van der Waals surface area contributed by atoms with Crippen molar-refractivity contribution in [3.63, 3.8) is 0 Å². The molecule has 2 aliphatic heterocycles. The van der Waals surface area contributed by atoms with Gasteiger partial charge >= 0.3 is 0 Å². The van der Waals surface area contributed by atoms with Gasteiger partial charge in [-0.1, -0.05) is 11.8 Å². The van der Waals surface area contributed by atoms with Gasteiger partial charge in [0.15, 0.2) is 6.61 Å². The Morgan fingerprint density at radius 1 is 1.21 bits per heavy atom. The molecule has 0 spiro atoms. The summed E-state index contributed by atoms with van der Waals surface area (Å²) in [6.07, 6.45) is 1.17. The summed E-state index contributed by atoms with van der Waals surface area (Å²) in [5.74, 6) is -0.0192. The van der Waals surface area contributed by atoms with Gasteiger partial charge in [0.1, 0.15) is 11.6 Å². The van der Waals surface area contributed by atoms with E-state index in [4.69, 9.17) is 4.74 Å². The largest absolute Gasteiger partial charge is 0.484 e. The molecule has 0 aliphatic carbocycles. The normalized spacial score (nSPS) is 19.0. The minimum absolute atomic E-state index is 0.117. The second-order valence-electron chi connectivity index (χ2n) is 5.67.